The summed E-state index contributed by atoms with van der Waals surface area (Å²) in [5.41, 5.74) is 5.81. The second-order valence-electron chi connectivity index (χ2n) is 5.02. The highest BCUT2D eigenvalue weighted by Crippen LogP contribution is 2.23. The lowest BCUT2D eigenvalue weighted by Gasteiger charge is -2.20. The van der Waals surface area contributed by atoms with Crippen molar-refractivity contribution < 1.29 is 0 Å². The van der Waals surface area contributed by atoms with E-state index in [4.69, 9.17) is 0 Å². The van der Waals surface area contributed by atoms with Gasteiger partial charge in [-0.15, -0.1) is 0 Å². The van der Waals surface area contributed by atoms with Gasteiger partial charge in [-0.1, -0.05) is 24.3 Å². The fourth-order valence-corrected chi connectivity index (χ4v) is 1.82. The smallest absolute Gasteiger partial charge is 0.135 e. The highest BCUT2D eigenvalue weighted by atomic mass is 15.2. The van der Waals surface area contributed by atoms with Gasteiger partial charge in [0.05, 0.1) is 0 Å². The molecular weight excluding hydrogens is 232 g/mol. The SMILES string of the molecule is C=C(C)N(C)c1ncc(/C(C)=C/C(C)=C\C)cc1C. The van der Waals surface area contributed by atoms with Crippen molar-refractivity contribution in [3.63, 3.8) is 0 Å². The van der Waals surface area contributed by atoms with Crippen LogP contribution in [-0.2, 0) is 0 Å². The third-order valence-electron chi connectivity index (χ3n) is 3.30. The summed E-state index contributed by atoms with van der Waals surface area (Å²) in [6.45, 7) is 14.3. The van der Waals surface area contributed by atoms with Crippen molar-refractivity contribution >= 4 is 11.4 Å². The van der Waals surface area contributed by atoms with E-state index in [1.54, 1.807) is 0 Å². The summed E-state index contributed by atoms with van der Waals surface area (Å²) >= 11 is 0. The van der Waals surface area contributed by atoms with Gasteiger partial charge in [0.25, 0.3) is 0 Å². The summed E-state index contributed by atoms with van der Waals surface area (Å²) in [6.07, 6.45) is 6.21. The van der Waals surface area contributed by atoms with Crippen LogP contribution in [0.4, 0.5) is 5.82 Å². The molecule has 0 amide bonds. The summed E-state index contributed by atoms with van der Waals surface area (Å²) in [7, 11) is 1.99. The van der Waals surface area contributed by atoms with Crippen LogP contribution in [-0.4, -0.2) is 12.0 Å². The summed E-state index contributed by atoms with van der Waals surface area (Å²) in [6, 6.07) is 2.18. The Bertz CT molecular complexity index is 536. The maximum absolute atomic E-state index is 4.56. The van der Waals surface area contributed by atoms with Crippen molar-refractivity contribution in [1.29, 1.82) is 0 Å². The molecule has 1 heterocycles. The number of hydrogen-bond donors (Lipinski definition) is 0. The van der Waals surface area contributed by atoms with Crippen LogP contribution in [0.1, 0.15) is 38.8 Å². The Labute approximate surface area is 117 Å². The first-order valence-electron chi connectivity index (χ1n) is 6.54. The first kappa shape index (κ1) is 15.2. The Morgan fingerprint density at radius 2 is 1.95 bits per heavy atom. The van der Waals surface area contributed by atoms with Crippen LogP contribution in [0, 0.1) is 6.92 Å². The molecule has 102 valence electrons. The zero-order valence-corrected chi connectivity index (χ0v) is 12.9. The second-order valence-corrected chi connectivity index (χ2v) is 5.02. The van der Waals surface area contributed by atoms with E-state index in [1.807, 2.05) is 32.0 Å². The molecule has 0 aromatic carbocycles. The van der Waals surface area contributed by atoms with Gasteiger partial charge in [0.1, 0.15) is 5.82 Å². The first-order chi connectivity index (χ1) is 8.86. The lowest BCUT2D eigenvalue weighted by atomic mass is 10.0. The van der Waals surface area contributed by atoms with E-state index in [1.165, 1.54) is 11.1 Å². The van der Waals surface area contributed by atoms with Crippen LogP contribution in [0.5, 0.6) is 0 Å². The van der Waals surface area contributed by atoms with Gasteiger partial charge < -0.3 is 4.90 Å². The van der Waals surface area contributed by atoms with Crippen LogP contribution in [0.25, 0.3) is 5.57 Å². The molecule has 1 aromatic rings. The highest BCUT2D eigenvalue weighted by Gasteiger charge is 2.08. The van der Waals surface area contributed by atoms with E-state index < -0.39 is 0 Å². The van der Waals surface area contributed by atoms with Crippen molar-refractivity contribution in [1.82, 2.24) is 4.98 Å². The molecule has 0 aliphatic carbocycles. The van der Waals surface area contributed by atoms with Gasteiger partial charge >= 0.3 is 0 Å². The molecule has 0 radical (unpaired) electrons. The summed E-state index contributed by atoms with van der Waals surface area (Å²) in [5, 5.41) is 0. The maximum Gasteiger partial charge on any atom is 0.135 e. The largest absolute Gasteiger partial charge is 0.334 e. The van der Waals surface area contributed by atoms with Crippen LogP contribution < -0.4 is 4.90 Å². The summed E-state index contributed by atoms with van der Waals surface area (Å²) in [5.74, 6) is 0.965. The normalized spacial score (nSPS) is 12.5. The van der Waals surface area contributed by atoms with Crippen LogP contribution >= 0.6 is 0 Å². The van der Waals surface area contributed by atoms with Gasteiger partial charge in [-0.2, -0.15) is 0 Å². The number of aryl methyl sites for hydroxylation is 1. The molecule has 0 N–H and O–H groups in total. The number of rotatable bonds is 4. The Balaban J connectivity index is 3.13. The predicted molar refractivity (Wildman–Crippen MR) is 85.3 cm³/mol. The molecule has 0 aliphatic heterocycles. The molecule has 0 saturated carbocycles. The number of hydrogen-bond acceptors (Lipinski definition) is 2. The Hall–Kier alpha value is -1.83. The zero-order valence-electron chi connectivity index (χ0n) is 12.9. The standard InChI is InChI=1S/C17H24N2/c1-8-13(4)9-14(5)16-10-15(6)17(18-11-16)19(7)12(2)3/h8-11H,2H2,1,3-7H3/b13-8-,14-9+. The Kier molecular flexibility index (Phi) is 5.11. The fourth-order valence-electron chi connectivity index (χ4n) is 1.82. The molecular formula is C17H24N2. The van der Waals surface area contributed by atoms with Gasteiger partial charge in [-0.3, -0.25) is 0 Å². The summed E-state index contributed by atoms with van der Waals surface area (Å²) in [4.78, 5) is 6.57. The van der Waals surface area contributed by atoms with E-state index >= 15 is 0 Å². The van der Waals surface area contributed by atoms with Crippen LogP contribution in [0.15, 0.2) is 42.3 Å². The molecule has 0 spiro atoms. The Morgan fingerprint density at radius 1 is 1.32 bits per heavy atom. The highest BCUT2D eigenvalue weighted by molar-refractivity contribution is 5.68. The minimum Gasteiger partial charge on any atom is -0.334 e. The molecule has 0 saturated heterocycles. The van der Waals surface area contributed by atoms with Gasteiger partial charge in [0.2, 0.25) is 0 Å². The molecule has 0 fully saturated rings. The number of pyridine rings is 1. The molecule has 1 aromatic heterocycles. The average molecular weight is 256 g/mol. The van der Waals surface area contributed by atoms with Crippen molar-refractivity contribution in [2.75, 3.05) is 11.9 Å². The van der Waals surface area contributed by atoms with Gasteiger partial charge in [-0.05, 0) is 57.4 Å². The number of allylic oxidation sites excluding steroid dienone is 5. The monoisotopic (exact) mass is 256 g/mol. The molecule has 1 rings (SSSR count). The molecule has 0 bridgehead atoms. The molecule has 2 nitrogen and oxygen atoms in total. The van der Waals surface area contributed by atoms with Gasteiger partial charge in [0.15, 0.2) is 0 Å². The zero-order chi connectivity index (χ0) is 14.6. The quantitative estimate of drug-likeness (QED) is 0.724. The van der Waals surface area contributed by atoms with Crippen molar-refractivity contribution in [2.24, 2.45) is 0 Å². The molecule has 0 aliphatic rings. The van der Waals surface area contributed by atoms with E-state index in [9.17, 15) is 0 Å². The second kappa shape index (κ2) is 6.37. The third kappa shape index (κ3) is 3.82. The lowest BCUT2D eigenvalue weighted by molar-refractivity contribution is 1.03. The molecule has 0 unspecified atom stereocenters. The number of nitrogens with zero attached hydrogens (tertiary/aromatic N) is 2. The predicted octanol–water partition coefficient (Wildman–Crippen LogP) is 4.73. The topological polar surface area (TPSA) is 16.1 Å². The Morgan fingerprint density at radius 3 is 2.42 bits per heavy atom. The number of aromatic nitrogens is 1. The van der Waals surface area contributed by atoms with E-state index in [2.05, 4.69) is 50.6 Å². The molecule has 0 atom stereocenters. The summed E-state index contributed by atoms with van der Waals surface area (Å²) < 4.78 is 0. The first-order valence-corrected chi connectivity index (χ1v) is 6.54. The van der Waals surface area contributed by atoms with E-state index in [0.717, 1.165) is 22.6 Å². The van der Waals surface area contributed by atoms with Gasteiger partial charge in [-0.25, -0.2) is 4.98 Å². The van der Waals surface area contributed by atoms with E-state index in [0.29, 0.717) is 0 Å². The minimum atomic E-state index is 0.965. The van der Waals surface area contributed by atoms with Crippen molar-refractivity contribution in [3.05, 3.63) is 53.4 Å². The van der Waals surface area contributed by atoms with Crippen LogP contribution in [0.2, 0.25) is 0 Å². The van der Waals surface area contributed by atoms with E-state index in [-0.39, 0.29) is 0 Å². The minimum absolute atomic E-state index is 0.965. The third-order valence-corrected chi connectivity index (χ3v) is 3.30. The number of anilines is 1. The van der Waals surface area contributed by atoms with Crippen molar-refractivity contribution in [3.8, 4) is 0 Å². The fraction of sp³-hybridized carbons (Fsp3) is 0.353. The lowest BCUT2D eigenvalue weighted by Crippen LogP contribution is -2.16. The van der Waals surface area contributed by atoms with Crippen molar-refractivity contribution in [2.45, 2.75) is 34.6 Å². The van der Waals surface area contributed by atoms with Gasteiger partial charge in [0, 0.05) is 18.9 Å². The average Bonchev–Trinajstić information content (AvgIpc) is 2.37. The van der Waals surface area contributed by atoms with Crippen LogP contribution in [0.3, 0.4) is 0 Å². The maximum atomic E-state index is 4.56. The molecule has 2 heteroatoms. The molecule has 19 heavy (non-hydrogen) atoms.